The summed E-state index contributed by atoms with van der Waals surface area (Å²) in [4.78, 5) is 4.30. The molecular weight excluding hydrogens is 204 g/mol. The molecule has 0 aromatic carbocycles. The van der Waals surface area contributed by atoms with Gasteiger partial charge in [0.1, 0.15) is 5.82 Å². The smallest absolute Gasteiger partial charge is 0.126 e. The van der Waals surface area contributed by atoms with Gasteiger partial charge in [0, 0.05) is 32.4 Å². The monoisotopic (exact) mass is 224 g/mol. The lowest BCUT2D eigenvalue weighted by Crippen LogP contribution is -2.34. The van der Waals surface area contributed by atoms with Crippen molar-refractivity contribution in [2.45, 2.75) is 25.9 Å². The molecule has 0 bridgehead atoms. The number of rotatable bonds is 6. The first kappa shape index (κ1) is 12.9. The molecule has 4 nitrogen and oxygen atoms in total. The van der Waals surface area contributed by atoms with Crippen molar-refractivity contribution in [2.75, 3.05) is 25.6 Å². The van der Waals surface area contributed by atoms with E-state index in [1.807, 2.05) is 25.1 Å². The van der Waals surface area contributed by atoms with Crippen molar-refractivity contribution >= 4 is 5.82 Å². The maximum atomic E-state index is 10.0. The second-order valence-corrected chi connectivity index (χ2v) is 4.26. The number of ether oxygens (including phenoxy) is 1. The van der Waals surface area contributed by atoms with Gasteiger partial charge >= 0.3 is 0 Å². The van der Waals surface area contributed by atoms with Crippen LogP contribution in [0.2, 0.25) is 0 Å². The SMILES string of the molecule is COCCC(C)(O)CNc1cccc(C)n1. The van der Waals surface area contributed by atoms with E-state index in [2.05, 4.69) is 10.3 Å². The van der Waals surface area contributed by atoms with Gasteiger partial charge in [0.15, 0.2) is 0 Å². The van der Waals surface area contributed by atoms with E-state index >= 15 is 0 Å². The molecule has 1 aromatic heterocycles. The second kappa shape index (κ2) is 5.82. The molecule has 1 aromatic rings. The highest BCUT2D eigenvalue weighted by atomic mass is 16.5. The zero-order chi connectivity index (χ0) is 12.0. The van der Waals surface area contributed by atoms with Crippen LogP contribution < -0.4 is 5.32 Å². The van der Waals surface area contributed by atoms with E-state index in [1.54, 1.807) is 14.0 Å². The highest BCUT2D eigenvalue weighted by Gasteiger charge is 2.19. The molecule has 1 rings (SSSR count). The highest BCUT2D eigenvalue weighted by molar-refractivity contribution is 5.35. The number of nitrogens with zero attached hydrogens (tertiary/aromatic N) is 1. The van der Waals surface area contributed by atoms with E-state index in [-0.39, 0.29) is 0 Å². The maximum absolute atomic E-state index is 10.0. The fraction of sp³-hybridized carbons (Fsp3) is 0.583. The normalized spacial score (nSPS) is 14.5. The molecule has 1 unspecified atom stereocenters. The average Bonchev–Trinajstić information content (AvgIpc) is 2.24. The summed E-state index contributed by atoms with van der Waals surface area (Å²) in [7, 11) is 1.63. The lowest BCUT2D eigenvalue weighted by atomic mass is 10.0. The Morgan fingerprint density at radius 3 is 2.88 bits per heavy atom. The van der Waals surface area contributed by atoms with Crippen LogP contribution in [0.15, 0.2) is 18.2 Å². The van der Waals surface area contributed by atoms with Crippen LogP contribution in [0.3, 0.4) is 0 Å². The highest BCUT2D eigenvalue weighted by Crippen LogP contribution is 2.11. The molecular formula is C12H20N2O2. The molecule has 0 fully saturated rings. The van der Waals surface area contributed by atoms with Crippen LogP contribution in [0.5, 0.6) is 0 Å². The molecule has 0 amide bonds. The predicted octanol–water partition coefficient (Wildman–Crippen LogP) is 1.59. The minimum atomic E-state index is -0.776. The number of aryl methyl sites for hydroxylation is 1. The molecule has 4 heteroatoms. The number of aliphatic hydroxyl groups is 1. The van der Waals surface area contributed by atoms with E-state index in [0.717, 1.165) is 11.5 Å². The van der Waals surface area contributed by atoms with Gasteiger partial charge in [0.25, 0.3) is 0 Å². The van der Waals surface area contributed by atoms with Gasteiger partial charge < -0.3 is 15.2 Å². The standard InChI is InChI=1S/C12H20N2O2/c1-10-5-4-6-11(14-10)13-9-12(2,15)7-8-16-3/h4-6,15H,7-9H2,1-3H3,(H,13,14). The Kier molecular flexibility index (Phi) is 4.71. The number of aromatic nitrogens is 1. The quantitative estimate of drug-likeness (QED) is 0.770. The van der Waals surface area contributed by atoms with Crippen LogP contribution in [-0.4, -0.2) is 36.0 Å². The van der Waals surface area contributed by atoms with Crippen LogP contribution in [0.25, 0.3) is 0 Å². The Morgan fingerprint density at radius 2 is 2.25 bits per heavy atom. The first-order valence-electron chi connectivity index (χ1n) is 5.42. The van der Waals surface area contributed by atoms with Crippen molar-refractivity contribution in [1.29, 1.82) is 0 Å². The summed E-state index contributed by atoms with van der Waals surface area (Å²) >= 11 is 0. The Hall–Kier alpha value is -1.13. The number of hydrogen-bond donors (Lipinski definition) is 2. The number of methoxy groups -OCH3 is 1. The number of anilines is 1. The maximum Gasteiger partial charge on any atom is 0.126 e. The van der Waals surface area contributed by atoms with Crippen LogP contribution in [0.1, 0.15) is 19.0 Å². The summed E-state index contributed by atoms with van der Waals surface area (Å²) in [6.45, 7) is 4.74. The predicted molar refractivity (Wildman–Crippen MR) is 64.6 cm³/mol. The van der Waals surface area contributed by atoms with E-state index in [1.165, 1.54) is 0 Å². The number of hydrogen-bond acceptors (Lipinski definition) is 4. The summed E-state index contributed by atoms with van der Waals surface area (Å²) in [5, 5.41) is 13.1. The van der Waals surface area contributed by atoms with E-state index in [4.69, 9.17) is 4.74 Å². The first-order valence-corrected chi connectivity index (χ1v) is 5.42. The zero-order valence-electron chi connectivity index (χ0n) is 10.2. The summed E-state index contributed by atoms with van der Waals surface area (Å²) in [5.41, 5.74) is 0.183. The van der Waals surface area contributed by atoms with E-state index < -0.39 is 5.60 Å². The van der Waals surface area contributed by atoms with Gasteiger partial charge in [-0.2, -0.15) is 0 Å². The van der Waals surface area contributed by atoms with E-state index in [9.17, 15) is 5.11 Å². The molecule has 0 spiro atoms. The van der Waals surface area contributed by atoms with Gasteiger partial charge in [-0.25, -0.2) is 4.98 Å². The fourth-order valence-corrected chi connectivity index (χ4v) is 1.33. The van der Waals surface area contributed by atoms with Crippen molar-refractivity contribution in [3.63, 3.8) is 0 Å². The third-order valence-electron chi connectivity index (χ3n) is 2.38. The van der Waals surface area contributed by atoms with Gasteiger partial charge in [-0.1, -0.05) is 6.07 Å². The Balaban J connectivity index is 2.44. The topological polar surface area (TPSA) is 54.4 Å². The molecule has 0 aliphatic heterocycles. The number of nitrogens with one attached hydrogen (secondary N) is 1. The third-order valence-corrected chi connectivity index (χ3v) is 2.38. The second-order valence-electron chi connectivity index (χ2n) is 4.26. The zero-order valence-corrected chi connectivity index (χ0v) is 10.2. The van der Waals surface area contributed by atoms with Gasteiger partial charge in [0.05, 0.1) is 5.60 Å². The lowest BCUT2D eigenvalue weighted by Gasteiger charge is -2.23. The molecule has 16 heavy (non-hydrogen) atoms. The Labute approximate surface area is 96.7 Å². The third kappa shape index (κ3) is 4.59. The van der Waals surface area contributed by atoms with Crippen molar-refractivity contribution in [2.24, 2.45) is 0 Å². The van der Waals surface area contributed by atoms with Crippen molar-refractivity contribution in [3.05, 3.63) is 23.9 Å². The molecule has 90 valence electrons. The molecule has 0 aliphatic carbocycles. The van der Waals surface area contributed by atoms with Crippen LogP contribution >= 0.6 is 0 Å². The van der Waals surface area contributed by atoms with Gasteiger partial charge in [-0.3, -0.25) is 0 Å². The molecule has 2 N–H and O–H groups in total. The lowest BCUT2D eigenvalue weighted by molar-refractivity contribution is 0.0357. The molecule has 1 atom stereocenters. The molecule has 0 saturated heterocycles. The average molecular weight is 224 g/mol. The van der Waals surface area contributed by atoms with Crippen LogP contribution in [0, 0.1) is 6.92 Å². The molecule has 1 heterocycles. The summed E-state index contributed by atoms with van der Waals surface area (Å²) in [5.74, 6) is 0.790. The number of pyridine rings is 1. The van der Waals surface area contributed by atoms with Gasteiger partial charge in [0.2, 0.25) is 0 Å². The summed E-state index contributed by atoms with van der Waals surface area (Å²) in [6.07, 6.45) is 0.600. The minimum Gasteiger partial charge on any atom is -0.388 e. The summed E-state index contributed by atoms with van der Waals surface area (Å²) < 4.78 is 4.95. The van der Waals surface area contributed by atoms with Crippen LogP contribution in [-0.2, 0) is 4.74 Å². The Morgan fingerprint density at radius 1 is 1.50 bits per heavy atom. The first-order chi connectivity index (χ1) is 7.53. The molecule has 0 aliphatic rings. The van der Waals surface area contributed by atoms with Crippen molar-refractivity contribution < 1.29 is 9.84 Å². The van der Waals surface area contributed by atoms with Gasteiger partial charge in [-0.05, 0) is 26.0 Å². The summed E-state index contributed by atoms with van der Waals surface area (Å²) in [6, 6.07) is 5.77. The molecule has 0 saturated carbocycles. The fourth-order valence-electron chi connectivity index (χ4n) is 1.33. The van der Waals surface area contributed by atoms with Gasteiger partial charge in [-0.15, -0.1) is 0 Å². The van der Waals surface area contributed by atoms with Crippen molar-refractivity contribution in [1.82, 2.24) is 4.98 Å². The Bertz CT molecular complexity index is 327. The van der Waals surface area contributed by atoms with Crippen molar-refractivity contribution in [3.8, 4) is 0 Å². The minimum absolute atomic E-state index is 0.465. The largest absolute Gasteiger partial charge is 0.388 e. The van der Waals surface area contributed by atoms with E-state index in [0.29, 0.717) is 19.6 Å². The van der Waals surface area contributed by atoms with Crippen LogP contribution in [0.4, 0.5) is 5.82 Å². The molecule has 0 radical (unpaired) electrons.